The SMILES string of the molecule is CCC(CC)C(=O)N(CCC(=O)O)c1cccnc1Cl. The Hall–Kier alpha value is -1.62. The van der Waals surface area contributed by atoms with Gasteiger partial charge in [0.25, 0.3) is 0 Å². The van der Waals surface area contributed by atoms with E-state index in [1.54, 1.807) is 12.1 Å². The Morgan fingerprint density at radius 1 is 1.40 bits per heavy atom. The summed E-state index contributed by atoms with van der Waals surface area (Å²) in [6.07, 6.45) is 2.81. The summed E-state index contributed by atoms with van der Waals surface area (Å²) in [5.41, 5.74) is 0.465. The van der Waals surface area contributed by atoms with E-state index < -0.39 is 5.97 Å². The zero-order chi connectivity index (χ0) is 15.1. The molecule has 6 heteroatoms. The van der Waals surface area contributed by atoms with Crippen molar-refractivity contribution >= 4 is 29.2 Å². The van der Waals surface area contributed by atoms with Crippen molar-refractivity contribution in [3.8, 4) is 0 Å². The van der Waals surface area contributed by atoms with Crippen LogP contribution in [0, 0.1) is 5.92 Å². The number of nitrogens with zero attached hydrogens (tertiary/aromatic N) is 2. The molecular formula is C14H19ClN2O3. The van der Waals surface area contributed by atoms with Crippen molar-refractivity contribution in [1.29, 1.82) is 0 Å². The summed E-state index contributed by atoms with van der Waals surface area (Å²) < 4.78 is 0. The van der Waals surface area contributed by atoms with Gasteiger partial charge in [-0.3, -0.25) is 9.59 Å². The molecule has 0 bridgehead atoms. The Labute approximate surface area is 123 Å². The average molecular weight is 299 g/mol. The molecule has 0 saturated heterocycles. The van der Waals surface area contributed by atoms with Crippen LogP contribution in [0.15, 0.2) is 18.3 Å². The standard InChI is InChI=1S/C14H19ClN2O3/c1-3-10(4-2)14(20)17(9-7-12(18)19)11-6-5-8-16-13(11)15/h5-6,8,10H,3-4,7,9H2,1-2H3,(H,18,19). The van der Waals surface area contributed by atoms with Crippen molar-refractivity contribution in [1.82, 2.24) is 4.98 Å². The highest BCUT2D eigenvalue weighted by atomic mass is 35.5. The molecule has 0 fully saturated rings. The maximum Gasteiger partial charge on any atom is 0.305 e. The van der Waals surface area contributed by atoms with E-state index >= 15 is 0 Å². The number of amides is 1. The summed E-state index contributed by atoms with van der Waals surface area (Å²) >= 11 is 6.02. The number of carbonyl (C=O) groups excluding carboxylic acids is 1. The summed E-state index contributed by atoms with van der Waals surface area (Å²) in [5.74, 6) is -1.20. The van der Waals surface area contributed by atoms with Crippen LogP contribution in [0.25, 0.3) is 0 Å². The Kier molecular flexibility index (Phi) is 6.45. The lowest BCUT2D eigenvalue weighted by atomic mass is 10.0. The minimum atomic E-state index is -0.952. The number of carbonyl (C=O) groups is 2. The number of hydrogen-bond donors (Lipinski definition) is 1. The Morgan fingerprint density at radius 3 is 2.55 bits per heavy atom. The van der Waals surface area contributed by atoms with Gasteiger partial charge in [0.1, 0.15) is 0 Å². The number of hydrogen-bond acceptors (Lipinski definition) is 3. The van der Waals surface area contributed by atoms with Gasteiger partial charge in [0.15, 0.2) is 5.15 Å². The molecule has 1 heterocycles. The molecule has 0 atom stereocenters. The van der Waals surface area contributed by atoms with Crippen LogP contribution < -0.4 is 4.90 Å². The third kappa shape index (κ3) is 4.20. The van der Waals surface area contributed by atoms with Crippen LogP contribution >= 0.6 is 11.6 Å². The van der Waals surface area contributed by atoms with E-state index in [-0.39, 0.29) is 29.9 Å². The lowest BCUT2D eigenvalue weighted by Gasteiger charge is -2.26. The van der Waals surface area contributed by atoms with E-state index in [4.69, 9.17) is 16.7 Å². The van der Waals surface area contributed by atoms with Crippen molar-refractivity contribution in [2.45, 2.75) is 33.1 Å². The van der Waals surface area contributed by atoms with Gasteiger partial charge in [-0.1, -0.05) is 25.4 Å². The smallest absolute Gasteiger partial charge is 0.305 e. The largest absolute Gasteiger partial charge is 0.481 e. The highest BCUT2D eigenvalue weighted by Gasteiger charge is 2.25. The van der Waals surface area contributed by atoms with Gasteiger partial charge in [0.2, 0.25) is 5.91 Å². The first kappa shape index (κ1) is 16.4. The molecule has 1 aromatic heterocycles. The molecule has 1 rings (SSSR count). The lowest BCUT2D eigenvalue weighted by Crippen LogP contribution is -2.37. The maximum absolute atomic E-state index is 12.5. The fourth-order valence-electron chi connectivity index (χ4n) is 1.99. The summed E-state index contributed by atoms with van der Waals surface area (Å²) in [7, 11) is 0. The molecule has 0 saturated carbocycles. The minimum absolute atomic E-state index is 0.0933. The minimum Gasteiger partial charge on any atom is -0.481 e. The molecule has 0 radical (unpaired) electrons. The predicted octanol–water partition coefficient (Wildman–Crippen LogP) is 2.98. The molecule has 20 heavy (non-hydrogen) atoms. The second kappa shape index (κ2) is 7.85. The molecule has 5 nitrogen and oxygen atoms in total. The van der Waals surface area contributed by atoms with E-state index in [0.29, 0.717) is 18.5 Å². The van der Waals surface area contributed by atoms with Crippen LogP contribution in [-0.2, 0) is 9.59 Å². The number of halogens is 1. The van der Waals surface area contributed by atoms with E-state index in [1.807, 2.05) is 13.8 Å². The Balaban J connectivity index is 3.05. The molecule has 1 N–H and O–H groups in total. The molecule has 1 amide bonds. The van der Waals surface area contributed by atoms with E-state index in [2.05, 4.69) is 4.98 Å². The van der Waals surface area contributed by atoms with Gasteiger partial charge >= 0.3 is 5.97 Å². The maximum atomic E-state index is 12.5. The highest BCUT2D eigenvalue weighted by Crippen LogP contribution is 2.26. The summed E-state index contributed by atoms with van der Waals surface area (Å²) in [5, 5.41) is 9.03. The quantitative estimate of drug-likeness (QED) is 0.786. The molecule has 110 valence electrons. The molecule has 0 aromatic carbocycles. The molecular weight excluding hydrogens is 280 g/mol. The Morgan fingerprint density at radius 2 is 2.05 bits per heavy atom. The molecule has 0 aliphatic rings. The molecule has 0 aliphatic carbocycles. The monoisotopic (exact) mass is 298 g/mol. The van der Waals surface area contributed by atoms with Crippen molar-refractivity contribution in [2.24, 2.45) is 5.92 Å². The van der Waals surface area contributed by atoms with Crippen LogP contribution in [0.3, 0.4) is 0 Å². The van der Waals surface area contributed by atoms with Gasteiger partial charge in [-0.25, -0.2) is 4.98 Å². The van der Waals surface area contributed by atoms with Crippen molar-refractivity contribution in [3.63, 3.8) is 0 Å². The normalized spacial score (nSPS) is 10.6. The van der Waals surface area contributed by atoms with E-state index in [9.17, 15) is 9.59 Å². The average Bonchev–Trinajstić information content (AvgIpc) is 2.42. The zero-order valence-electron chi connectivity index (χ0n) is 11.7. The number of carboxylic acids is 1. The van der Waals surface area contributed by atoms with Crippen molar-refractivity contribution < 1.29 is 14.7 Å². The fraction of sp³-hybridized carbons (Fsp3) is 0.500. The first-order valence-corrected chi connectivity index (χ1v) is 7.02. The van der Waals surface area contributed by atoms with E-state index in [0.717, 1.165) is 0 Å². The second-order valence-electron chi connectivity index (χ2n) is 4.46. The third-order valence-electron chi connectivity index (χ3n) is 3.18. The van der Waals surface area contributed by atoms with Crippen LogP contribution in [0.1, 0.15) is 33.1 Å². The van der Waals surface area contributed by atoms with E-state index in [1.165, 1.54) is 11.1 Å². The van der Waals surface area contributed by atoms with Crippen LogP contribution in [0.4, 0.5) is 5.69 Å². The molecule has 1 aromatic rings. The topological polar surface area (TPSA) is 70.5 Å². The van der Waals surface area contributed by atoms with Crippen LogP contribution in [-0.4, -0.2) is 28.5 Å². The van der Waals surface area contributed by atoms with Crippen molar-refractivity contribution in [2.75, 3.05) is 11.4 Å². The number of carboxylic acid groups (broad SMARTS) is 1. The molecule has 0 spiro atoms. The highest BCUT2D eigenvalue weighted by molar-refractivity contribution is 6.32. The number of pyridine rings is 1. The number of anilines is 1. The molecule has 0 unspecified atom stereocenters. The van der Waals surface area contributed by atoms with Gasteiger partial charge in [0.05, 0.1) is 12.1 Å². The zero-order valence-corrected chi connectivity index (χ0v) is 12.4. The van der Waals surface area contributed by atoms with Gasteiger partial charge in [-0.15, -0.1) is 0 Å². The van der Waals surface area contributed by atoms with Crippen LogP contribution in [0.2, 0.25) is 5.15 Å². The fourth-order valence-corrected chi connectivity index (χ4v) is 2.22. The summed E-state index contributed by atoms with van der Waals surface area (Å²) in [6, 6.07) is 3.35. The van der Waals surface area contributed by atoms with Crippen molar-refractivity contribution in [3.05, 3.63) is 23.5 Å². The first-order valence-electron chi connectivity index (χ1n) is 6.64. The second-order valence-corrected chi connectivity index (χ2v) is 4.82. The molecule has 0 aliphatic heterocycles. The summed E-state index contributed by atoms with van der Waals surface area (Å²) in [4.78, 5) is 28.7. The van der Waals surface area contributed by atoms with Gasteiger partial charge in [-0.05, 0) is 25.0 Å². The van der Waals surface area contributed by atoms with Gasteiger partial charge in [0, 0.05) is 18.7 Å². The lowest BCUT2D eigenvalue weighted by molar-refractivity contribution is -0.136. The number of aliphatic carboxylic acids is 1. The van der Waals surface area contributed by atoms with Gasteiger partial charge < -0.3 is 10.0 Å². The number of aromatic nitrogens is 1. The number of rotatable bonds is 7. The summed E-state index contributed by atoms with van der Waals surface area (Å²) in [6.45, 7) is 3.97. The van der Waals surface area contributed by atoms with Gasteiger partial charge in [-0.2, -0.15) is 0 Å². The third-order valence-corrected chi connectivity index (χ3v) is 3.47. The first-order chi connectivity index (χ1) is 9.51. The van der Waals surface area contributed by atoms with Crippen LogP contribution in [0.5, 0.6) is 0 Å². The predicted molar refractivity (Wildman–Crippen MR) is 77.9 cm³/mol. The Bertz CT molecular complexity index is 475.